The summed E-state index contributed by atoms with van der Waals surface area (Å²) < 4.78 is 17.6. The van der Waals surface area contributed by atoms with Gasteiger partial charge in [0.05, 0.1) is 30.7 Å². The number of amides is 2. The molecule has 2 aliphatic heterocycles. The van der Waals surface area contributed by atoms with Crippen LogP contribution in [0.15, 0.2) is 59.8 Å². The molecule has 5 rings (SSSR count). The summed E-state index contributed by atoms with van der Waals surface area (Å²) >= 11 is 5.02. The second-order valence-electron chi connectivity index (χ2n) is 11.0. The molecule has 3 aromatic rings. The van der Waals surface area contributed by atoms with Crippen LogP contribution in [0.25, 0.3) is 0 Å². The van der Waals surface area contributed by atoms with Gasteiger partial charge in [-0.05, 0) is 85.7 Å². The van der Waals surface area contributed by atoms with Crippen LogP contribution in [0.4, 0.5) is 16.4 Å². The van der Waals surface area contributed by atoms with Gasteiger partial charge in [0, 0.05) is 11.6 Å². The van der Waals surface area contributed by atoms with Crippen molar-refractivity contribution in [3.05, 3.63) is 76.6 Å². The standard InChI is InChI=1S/C29H32ClN5O4S/c1-29(2,3)39-28(37)35-17-19-14-22(40(4)38)10-11-23(19)25(35)26(36)33-21-15-31-27(32-16-21)34-12-6-9-24(34)18-7-5-8-20(30)13-18/h5,7-8,10-11,13-16,24-25H,6,9,12,17H2,1-4H3,(H,33,36). The van der Waals surface area contributed by atoms with Crippen LogP contribution in [0.2, 0.25) is 5.02 Å². The minimum absolute atomic E-state index is 0.124. The van der Waals surface area contributed by atoms with Crippen molar-refractivity contribution >= 4 is 46.4 Å². The minimum atomic E-state index is -1.19. The maximum absolute atomic E-state index is 13.6. The van der Waals surface area contributed by atoms with E-state index < -0.39 is 34.8 Å². The molecule has 3 atom stereocenters. The molecule has 3 heterocycles. The Morgan fingerprint density at radius 3 is 2.58 bits per heavy atom. The van der Waals surface area contributed by atoms with Gasteiger partial charge in [-0.1, -0.05) is 29.8 Å². The fourth-order valence-corrected chi connectivity index (χ4v) is 5.96. The average Bonchev–Trinajstić information content (AvgIpc) is 3.53. The number of benzene rings is 2. The molecule has 3 unspecified atom stereocenters. The van der Waals surface area contributed by atoms with E-state index in [4.69, 9.17) is 16.3 Å². The van der Waals surface area contributed by atoms with Gasteiger partial charge in [0.1, 0.15) is 17.9 Å². The van der Waals surface area contributed by atoms with Crippen molar-refractivity contribution < 1.29 is 18.9 Å². The van der Waals surface area contributed by atoms with Gasteiger partial charge in [0.2, 0.25) is 5.95 Å². The number of carbonyl (C=O) groups excluding carboxylic acids is 2. The predicted octanol–water partition coefficient (Wildman–Crippen LogP) is 5.64. The lowest BCUT2D eigenvalue weighted by atomic mass is 10.0. The Bertz CT molecular complexity index is 1410. The van der Waals surface area contributed by atoms with Crippen LogP contribution in [0.1, 0.15) is 62.4 Å². The Morgan fingerprint density at radius 1 is 1.15 bits per heavy atom. The molecule has 0 aliphatic carbocycles. The van der Waals surface area contributed by atoms with Gasteiger partial charge in [-0.25, -0.2) is 14.8 Å². The molecule has 0 bridgehead atoms. The molecular weight excluding hydrogens is 550 g/mol. The highest BCUT2D eigenvalue weighted by Gasteiger charge is 2.41. The van der Waals surface area contributed by atoms with Gasteiger partial charge < -0.3 is 19.5 Å². The molecule has 1 aromatic heterocycles. The SMILES string of the molecule is C[S+]([O-])c1ccc2c(c1)CN(C(=O)OC(C)(C)C)C2C(=O)Nc1cnc(N2CCCC2c2cccc(Cl)c2)nc1. The smallest absolute Gasteiger partial charge is 0.411 e. The van der Waals surface area contributed by atoms with Gasteiger partial charge in [-0.2, -0.15) is 0 Å². The number of aromatic nitrogens is 2. The summed E-state index contributed by atoms with van der Waals surface area (Å²) in [7, 11) is 0. The molecular formula is C29H32ClN5O4S. The molecule has 0 radical (unpaired) electrons. The molecule has 2 aliphatic rings. The first-order valence-corrected chi connectivity index (χ1v) is 15.0. The van der Waals surface area contributed by atoms with E-state index in [0.717, 1.165) is 30.5 Å². The van der Waals surface area contributed by atoms with Crippen molar-refractivity contribution in [2.75, 3.05) is 23.0 Å². The van der Waals surface area contributed by atoms with Gasteiger partial charge in [0.25, 0.3) is 5.91 Å². The highest BCUT2D eigenvalue weighted by Crippen LogP contribution is 2.38. The van der Waals surface area contributed by atoms with Crippen LogP contribution in [0, 0.1) is 0 Å². The number of halogens is 1. The van der Waals surface area contributed by atoms with Crippen molar-refractivity contribution in [1.29, 1.82) is 0 Å². The molecule has 11 heteroatoms. The van der Waals surface area contributed by atoms with E-state index in [0.29, 0.717) is 27.1 Å². The number of carbonyl (C=O) groups is 2. The van der Waals surface area contributed by atoms with E-state index in [1.807, 2.05) is 18.2 Å². The molecule has 2 aromatic carbocycles. The Hall–Kier alpha value is -3.34. The highest BCUT2D eigenvalue weighted by atomic mass is 35.5. The van der Waals surface area contributed by atoms with Crippen LogP contribution >= 0.6 is 11.6 Å². The topological polar surface area (TPSA) is 111 Å². The molecule has 40 heavy (non-hydrogen) atoms. The third-order valence-corrected chi connectivity index (χ3v) is 8.07. The van der Waals surface area contributed by atoms with Gasteiger partial charge in [-0.15, -0.1) is 0 Å². The third kappa shape index (κ3) is 6.04. The highest BCUT2D eigenvalue weighted by molar-refractivity contribution is 7.90. The van der Waals surface area contributed by atoms with E-state index in [9.17, 15) is 14.1 Å². The number of ether oxygens (including phenoxy) is 1. The van der Waals surface area contributed by atoms with Crippen LogP contribution in [0.3, 0.4) is 0 Å². The quantitative estimate of drug-likeness (QED) is 0.388. The lowest BCUT2D eigenvalue weighted by Crippen LogP contribution is -2.40. The van der Waals surface area contributed by atoms with Crippen LogP contribution in [-0.4, -0.2) is 49.8 Å². The van der Waals surface area contributed by atoms with Crippen molar-refractivity contribution in [3.63, 3.8) is 0 Å². The second-order valence-corrected chi connectivity index (χ2v) is 12.8. The summed E-state index contributed by atoms with van der Waals surface area (Å²) in [6, 6.07) is 12.3. The number of fused-ring (bicyclic) bond motifs is 1. The number of hydrogen-bond donors (Lipinski definition) is 1. The fourth-order valence-electron chi connectivity index (χ4n) is 5.19. The van der Waals surface area contributed by atoms with E-state index >= 15 is 0 Å². The molecule has 210 valence electrons. The molecule has 2 amide bonds. The maximum Gasteiger partial charge on any atom is 0.411 e. The first-order valence-electron chi connectivity index (χ1n) is 13.1. The van der Waals surface area contributed by atoms with Crippen LogP contribution in [-0.2, 0) is 27.3 Å². The van der Waals surface area contributed by atoms with Crippen molar-refractivity contribution in [1.82, 2.24) is 14.9 Å². The van der Waals surface area contributed by atoms with E-state index in [-0.39, 0.29) is 12.6 Å². The number of nitrogens with one attached hydrogen (secondary N) is 1. The molecule has 1 N–H and O–H groups in total. The third-order valence-electron chi connectivity index (χ3n) is 6.92. The van der Waals surface area contributed by atoms with E-state index in [2.05, 4.69) is 26.3 Å². The Labute approximate surface area is 242 Å². The number of anilines is 2. The zero-order valence-corrected chi connectivity index (χ0v) is 24.5. The van der Waals surface area contributed by atoms with E-state index in [1.54, 1.807) is 57.6 Å². The van der Waals surface area contributed by atoms with Gasteiger partial charge >= 0.3 is 6.09 Å². The summed E-state index contributed by atoms with van der Waals surface area (Å²) in [6.07, 6.45) is 6.12. The lowest BCUT2D eigenvalue weighted by Gasteiger charge is -2.28. The normalized spacial score (nSPS) is 19.4. The van der Waals surface area contributed by atoms with Crippen molar-refractivity contribution in [2.45, 2.75) is 62.7 Å². The largest absolute Gasteiger partial charge is 0.612 e. The summed E-state index contributed by atoms with van der Waals surface area (Å²) in [6.45, 7) is 6.31. The Morgan fingerprint density at radius 2 is 1.90 bits per heavy atom. The first kappa shape index (κ1) is 28.2. The molecule has 1 fully saturated rings. The molecule has 9 nitrogen and oxygen atoms in total. The lowest BCUT2D eigenvalue weighted by molar-refractivity contribution is -0.121. The first-order chi connectivity index (χ1) is 19.0. The van der Waals surface area contributed by atoms with Crippen LogP contribution in [0.5, 0.6) is 0 Å². The predicted molar refractivity (Wildman–Crippen MR) is 155 cm³/mol. The average molecular weight is 582 g/mol. The van der Waals surface area contributed by atoms with Gasteiger partial charge in [0.15, 0.2) is 4.90 Å². The minimum Gasteiger partial charge on any atom is -0.612 e. The Kier molecular flexibility index (Phi) is 7.94. The van der Waals surface area contributed by atoms with Gasteiger partial charge in [-0.3, -0.25) is 9.69 Å². The molecule has 0 spiro atoms. The summed E-state index contributed by atoms with van der Waals surface area (Å²) in [5.41, 5.74) is 2.22. The van der Waals surface area contributed by atoms with Crippen molar-refractivity contribution in [2.24, 2.45) is 0 Å². The number of hydrogen-bond acceptors (Lipinski definition) is 7. The summed E-state index contributed by atoms with van der Waals surface area (Å²) in [5.74, 6) is 0.159. The monoisotopic (exact) mass is 581 g/mol. The summed E-state index contributed by atoms with van der Waals surface area (Å²) in [5, 5.41) is 3.56. The molecule has 0 saturated carbocycles. The van der Waals surface area contributed by atoms with E-state index in [1.165, 1.54) is 4.90 Å². The zero-order chi connectivity index (χ0) is 28.6. The summed E-state index contributed by atoms with van der Waals surface area (Å²) in [4.78, 5) is 39.9. The molecule has 1 saturated heterocycles. The Balaban J connectivity index is 1.36. The second kappa shape index (κ2) is 11.3. The number of rotatable bonds is 5. The van der Waals surface area contributed by atoms with Crippen LogP contribution < -0.4 is 10.2 Å². The number of nitrogens with zero attached hydrogens (tertiary/aromatic N) is 4. The van der Waals surface area contributed by atoms with Crippen molar-refractivity contribution in [3.8, 4) is 0 Å². The maximum atomic E-state index is 13.6. The zero-order valence-electron chi connectivity index (χ0n) is 22.9. The fraction of sp³-hybridized carbons (Fsp3) is 0.379.